The number of benzene rings is 1. The summed E-state index contributed by atoms with van der Waals surface area (Å²) < 4.78 is 2.04. The van der Waals surface area contributed by atoms with Crippen molar-refractivity contribution >= 4 is 36.4 Å². The van der Waals surface area contributed by atoms with Gasteiger partial charge < -0.3 is 14.6 Å². The lowest BCUT2D eigenvalue weighted by atomic mass is 9.89. The molecule has 7 heteroatoms. The van der Waals surface area contributed by atoms with Crippen molar-refractivity contribution in [2.24, 2.45) is 11.8 Å². The number of nitrogens with zero attached hydrogens (tertiary/aromatic N) is 3. The molecule has 2 aromatic heterocycles. The second-order valence-corrected chi connectivity index (χ2v) is 7.79. The van der Waals surface area contributed by atoms with Crippen LogP contribution in [0.4, 0.5) is 0 Å². The summed E-state index contributed by atoms with van der Waals surface area (Å²) in [7, 11) is 0. The minimum Gasteiger partial charge on any atom is -0.335 e. The number of amides is 1. The number of pyridine rings is 1. The Kier molecular flexibility index (Phi) is 6.52. The van der Waals surface area contributed by atoms with Crippen LogP contribution in [-0.2, 0) is 11.2 Å². The average molecular weight is 433 g/mol. The molecule has 2 saturated heterocycles. The highest BCUT2D eigenvalue weighted by atomic mass is 35.5. The van der Waals surface area contributed by atoms with Gasteiger partial charge in [-0.2, -0.15) is 0 Å². The molecular weight excluding hydrogens is 407 g/mol. The van der Waals surface area contributed by atoms with Crippen molar-refractivity contribution in [2.45, 2.75) is 19.4 Å². The van der Waals surface area contributed by atoms with Crippen molar-refractivity contribution in [2.75, 3.05) is 19.6 Å². The fraction of sp³-hybridized carbons (Fsp3) is 0.364. The molecular formula is C22H26Cl2N4O. The molecule has 1 N–H and O–H groups in total. The van der Waals surface area contributed by atoms with Crippen LogP contribution in [0.1, 0.15) is 22.9 Å². The lowest BCUT2D eigenvalue weighted by molar-refractivity contribution is -0.132. The predicted octanol–water partition coefficient (Wildman–Crippen LogP) is 3.45. The average Bonchev–Trinajstić information content (AvgIpc) is 3.37. The van der Waals surface area contributed by atoms with Crippen molar-refractivity contribution in [3.05, 3.63) is 71.7 Å². The summed E-state index contributed by atoms with van der Waals surface area (Å²) in [5, 5.41) is 3.51. The summed E-state index contributed by atoms with van der Waals surface area (Å²) in [6, 6.07) is 14.7. The van der Waals surface area contributed by atoms with Gasteiger partial charge >= 0.3 is 0 Å². The van der Waals surface area contributed by atoms with Gasteiger partial charge in [0.2, 0.25) is 5.91 Å². The van der Waals surface area contributed by atoms with Gasteiger partial charge in [0.15, 0.2) is 0 Å². The topological polar surface area (TPSA) is 49.6 Å². The van der Waals surface area contributed by atoms with Gasteiger partial charge in [-0.15, -0.1) is 24.8 Å². The van der Waals surface area contributed by atoms with E-state index in [1.165, 1.54) is 5.56 Å². The predicted molar refractivity (Wildman–Crippen MR) is 119 cm³/mol. The van der Waals surface area contributed by atoms with Crippen LogP contribution in [0.3, 0.4) is 0 Å². The molecule has 0 radical (unpaired) electrons. The van der Waals surface area contributed by atoms with Crippen LogP contribution in [0.2, 0.25) is 0 Å². The van der Waals surface area contributed by atoms with Gasteiger partial charge in [0.25, 0.3) is 0 Å². The molecule has 4 heterocycles. The fourth-order valence-corrected chi connectivity index (χ4v) is 4.84. The molecule has 29 heavy (non-hydrogen) atoms. The number of imidazole rings is 1. The standard InChI is InChI=1S/C22H24N4O.2ClH/c1-15-6-5-9-25-18(12-24-22(15)25)10-20(27)26-14-17-11-23-13-19(17)21(26)16-7-3-2-4-8-16;;/h2-9,12,17,19,21,23H,10-11,13-14H2,1H3;2*1H/t17-,19-,21+;;/m0../s1. The van der Waals surface area contributed by atoms with Gasteiger partial charge in [-0.05, 0) is 30.0 Å². The summed E-state index contributed by atoms with van der Waals surface area (Å²) in [5.74, 6) is 1.24. The van der Waals surface area contributed by atoms with Gasteiger partial charge in [0.1, 0.15) is 5.65 Å². The number of hydrogen-bond donors (Lipinski definition) is 1. The van der Waals surface area contributed by atoms with Crippen LogP contribution < -0.4 is 5.32 Å². The molecule has 3 atom stereocenters. The molecule has 0 spiro atoms. The largest absolute Gasteiger partial charge is 0.335 e. The second kappa shape index (κ2) is 8.74. The van der Waals surface area contributed by atoms with Crippen molar-refractivity contribution in [3.8, 4) is 0 Å². The lowest BCUT2D eigenvalue weighted by Gasteiger charge is -2.28. The highest BCUT2D eigenvalue weighted by molar-refractivity contribution is 5.85. The van der Waals surface area contributed by atoms with Crippen LogP contribution in [-0.4, -0.2) is 39.8 Å². The number of aromatic nitrogens is 2. The number of rotatable bonds is 3. The van der Waals surface area contributed by atoms with Gasteiger partial charge in [-0.1, -0.05) is 36.4 Å². The van der Waals surface area contributed by atoms with Crippen molar-refractivity contribution in [1.82, 2.24) is 19.6 Å². The molecule has 2 fully saturated rings. The number of carbonyl (C=O) groups is 1. The molecule has 2 aliphatic rings. The molecule has 5 nitrogen and oxygen atoms in total. The van der Waals surface area contributed by atoms with Gasteiger partial charge in [0.05, 0.1) is 18.2 Å². The van der Waals surface area contributed by atoms with Gasteiger partial charge in [-0.25, -0.2) is 4.98 Å². The Hall–Kier alpha value is -2.08. The Morgan fingerprint density at radius 3 is 2.72 bits per heavy atom. The Labute approximate surface area is 183 Å². The number of carbonyl (C=O) groups excluding carboxylic acids is 1. The second-order valence-electron chi connectivity index (χ2n) is 7.79. The number of fused-ring (bicyclic) bond motifs is 2. The quantitative estimate of drug-likeness (QED) is 0.689. The third-order valence-corrected chi connectivity index (χ3v) is 6.17. The number of nitrogens with one attached hydrogen (secondary N) is 1. The maximum atomic E-state index is 13.3. The molecule has 2 aliphatic heterocycles. The molecule has 1 amide bonds. The third kappa shape index (κ3) is 3.75. The number of aryl methyl sites for hydroxylation is 1. The molecule has 5 rings (SSSR count). The first-order valence-electron chi connectivity index (χ1n) is 9.69. The monoisotopic (exact) mass is 432 g/mol. The maximum Gasteiger partial charge on any atom is 0.229 e. The highest BCUT2D eigenvalue weighted by Crippen LogP contribution is 2.42. The fourth-order valence-electron chi connectivity index (χ4n) is 4.84. The zero-order valence-corrected chi connectivity index (χ0v) is 18.0. The Morgan fingerprint density at radius 2 is 1.93 bits per heavy atom. The summed E-state index contributed by atoms with van der Waals surface area (Å²) in [5.41, 5.74) is 4.26. The van der Waals surface area contributed by atoms with Crippen molar-refractivity contribution < 1.29 is 4.79 Å². The lowest BCUT2D eigenvalue weighted by Crippen LogP contribution is -2.35. The first-order valence-corrected chi connectivity index (χ1v) is 9.69. The molecule has 3 aromatic rings. The van der Waals surface area contributed by atoms with E-state index in [0.717, 1.165) is 36.5 Å². The third-order valence-electron chi connectivity index (χ3n) is 6.17. The van der Waals surface area contributed by atoms with Crippen LogP contribution in [0.25, 0.3) is 5.65 Å². The van der Waals surface area contributed by atoms with E-state index >= 15 is 0 Å². The van der Waals surface area contributed by atoms with E-state index in [9.17, 15) is 4.79 Å². The van der Waals surface area contributed by atoms with Gasteiger partial charge in [0, 0.05) is 37.9 Å². The minimum absolute atomic E-state index is 0. The molecule has 0 saturated carbocycles. The first-order chi connectivity index (χ1) is 13.2. The van der Waals surface area contributed by atoms with Crippen molar-refractivity contribution in [3.63, 3.8) is 0 Å². The molecule has 0 bridgehead atoms. The maximum absolute atomic E-state index is 13.3. The zero-order valence-electron chi connectivity index (χ0n) is 16.3. The number of halogens is 2. The summed E-state index contributed by atoms with van der Waals surface area (Å²) in [4.78, 5) is 19.9. The molecule has 0 unspecified atom stereocenters. The molecule has 154 valence electrons. The SMILES string of the molecule is Cc1cccn2c(CC(=O)N3C[C@@H]4CNC[C@@H]4[C@H]3c3ccccc3)cnc12.Cl.Cl. The van der Waals surface area contributed by atoms with E-state index in [0.29, 0.717) is 18.3 Å². The molecule has 1 aromatic carbocycles. The Balaban J connectivity index is 0.00000120. The van der Waals surface area contributed by atoms with E-state index in [4.69, 9.17) is 0 Å². The zero-order chi connectivity index (χ0) is 18.4. The van der Waals surface area contributed by atoms with E-state index in [1.807, 2.05) is 41.9 Å². The van der Waals surface area contributed by atoms with Crippen LogP contribution in [0.15, 0.2) is 54.9 Å². The number of hydrogen-bond acceptors (Lipinski definition) is 3. The summed E-state index contributed by atoms with van der Waals surface area (Å²) >= 11 is 0. The first kappa shape index (κ1) is 21.6. The van der Waals surface area contributed by atoms with Gasteiger partial charge in [-0.3, -0.25) is 4.79 Å². The minimum atomic E-state index is 0. The van der Waals surface area contributed by atoms with Crippen molar-refractivity contribution in [1.29, 1.82) is 0 Å². The summed E-state index contributed by atoms with van der Waals surface area (Å²) in [6.45, 7) is 4.88. The van der Waals surface area contributed by atoms with E-state index < -0.39 is 0 Å². The van der Waals surface area contributed by atoms with E-state index in [2.05, 4.69) is 39.5 Å². The van der Waals surface area contributed by atoms with Crippen LogP contribution in [0.5, 0.6) is 0 Å². The van der Waals surface area contributed by atoms with E-state index in [-0.39, 0.29) is 36.8 Å². The number of likely N-dealkylation sites (tertiary alicyclic amines) is 1. The smallest absolute Gasteiger partial charge is 0.229 e. The molecule has 0 aliphatic carbocycles. The Morgan fingerprint density at radius 1 is 1.14 bits per heavy atom. The summed E-state index contributed by atoms with van der Waals surface area (Å²) in [6.07, 6.45) is 4.23. The van der Waals surface area contributed by atoms with Crippen LogP contribution in [0, 0.1) is 18.8 Å². The highest BCUT2D eigenvalue weighted by Gasteiger charge is 2.46. The Bertz CT molecular complexity index is 991. The van der Waals surface area contributed by atoms with E-state index in [1.54, 1.807) is 0 Å². The van der Waals surface area contributed by atoms with Crippen LogP contribution >= 0.6 is 24.8 Å². The normalized spacial score (nSPS) is 22.8.